The summed E-state index contributed by atoms with van der Waals surface area (Å²) >= 11 is 4.62. The Morgan fingerprint density at radius 2 is 2.05 bits per heavy atom. The van der Waals surface area contributed by atoms with Gasteiger partial charge in [-0.15, -0.1) is 0 Å². The average Bonchev–Trinajstić information content (AvgIpc) is 2.31. The van der Waals surface area contributed by atoms with Crippen LogP contribution in [0.1, 0.15) is 6.42 Å². The minimum absolute atomic E-state index is 0.290. The van der Waals surface area contributed by atoms with Gasteiger partial charge in [0.05, 0.1) is 6.07 Å². The van der Waals surface area contributed by atoms with Crippen LogP contribution in [0.2, 0.25) is 0 Å². The molecule has 1 unspecified atom stereocenters. The molecule has 4 nitrogen and oxygen atoms in total. The van der Waals surface area contributed by atoms with E-state index in [2.05, 4.69) is 21.7 Å². The summed E-state index contributed by atoms with van der Waals surface area (Å²) in [6, 6.07) is 6.40. The van der Waals surface area contributed by atoms with Crippen LogP contribution >= 0.6 is 11.6 Å². The molecule has 102 valence electrons. The summed E-state index contributed by atoms with van der Waals surface area (Å²) in [7, 11) is 0. The van der Waals surface area contributed by atoms with E-state index in [9.17, 15) is 18.0 Å². The van der Waals surface area contributed by atoms with Crippen LogP contribution in [0, 0.1) is 11.3 Å². The first-order valence-corrected chi connectivity index (χ1v) is 5.40. The zero-order valence-corrected chi connectivity index (χ0v) is 10.1. The van der Waals surface area contributed by atoms with Crippen LogP contribution < -0.4 is 10.1 Å². The van der Waals surface area contributed by atoms with Crippen molar-refractivity contribution in [2.45, 2.75) is 18.2 Å². The van der Waals surface area contributed by atoms with Crippen LogP contribution in [-0.2, 0) is 4.79 Å². The Bertz CT molecular complexity index is 486. The van der Waals surface area contributed by atoms with Crippen LogP contribution in [0.5, 0.6) is 5.75 Å². The van der Waals surface area contributed by atoms with Gasteiger partial charge in [-0.2, -0.15) is 14.0 Å². The topological polar surface area (TPSA) is 62.1 Å². The first kappa shape index (κ1) is 15.1. The Morgan fingerprint density at radius 3 is 2.53 bits per heavy atom. The number of hydrogen-bond acceptors (Lipinski definition) is 3. The number of nitrogens with zero attached hydrogens (tertiary/aromatic N) is 1. The Balaban J connectivity index is 2.67. The number of hydrogen-bond donors (Lipinski definition) is 1. The molecule has 0 saturated carbocycles. The summed E-state index contributed by atoms with van der Waals surface area (Å²) in [5.41, 5.74) is -2.68. The molecule has 0 heterocycles. The Labute approximate surface area is 111 Å². The van der Waals surface area contributed by atoms with Gasteiger partial charge in [-0.05, 0) is 24.3 Å². The summed E-state index contributed by atoms with van der Waals surface area (Å²) < 4.78 is 42.0. The van der Waals surface area contributed by atoms with E-state index >= 15 is 0 Å². The smallest absolute Gasteiger partial charge is 0.429 e. The number of anilines is 1. The maximum atomic E-state index is 12.8. The number of rotatable bonds is 5. The first-order chi connectivity index (χ1) is 8.85. The van der Waals surface area contributed by atoms with Gasteiger partial charge in [-0.1, -0.05) is 11.6 Å². The molecule has 8 heteroatoms. The van der Waals surface area contributed by atoms with Crippen molar-refractivity contribution in [2.75, 3.05) is 5.32 Å². The Kier molecular flexibility index (Phi) is 5.01. The zero-order valence-electron chi connectivity index (χ0n) is 9.37. The van der Waals surface area contributed by atoms with E-state index < -0.39 is 17.6 Å². The van der Waals surface area contributed by atoms with Crippen molar-refractivity contribution in [3.63, 3.8) is 0 Å². The van der Waals surface area contributed by atoms with Crippen molar-refractivity contribution >= 4 is 23.2 Å². The Hall–Kier alpha value is -1.94. The minimum atomic E-state index is -4.15. The third-order valence-electron chi connectivity index (χ3n) is 1.89. The molecular formula is C11H8ClF3N2O2. The van der Waals surface area contributed by atoms with Crippen molar-refractivity contribution in [3.05, 3.63) is 24.3 Å². The van der Waals surface area contributed by atoms with Gasteiger partial charge in [0.25, 0.3) is 5.63 Å². The van der Waals surface area contributed by atoms with Crippen LogP contribution in [0.4, 0.5) is 18.9 Å². The Morgan fingerprint density at radius 1 is 1.47 bits per heavy atom. The third-order valence-corrected chi connectivity index (χ3v) is 2.14. The van der Waals surface area contributed by atoms with Crippen molar-refractivity contribution in [3.8, 4) is 11.8 Å². The average molecular weight is 293 g/mol. The SMILES string of the molecule is N#CCC(=O)Nc1ccc(OC(F)(F)C(F)Cl)cc1. The summed E-state index contributed by atoms with van der Waals surface area (Å²) in [4.78, 5) is 11.1. The lowest BCUT2D eigenvalue weighted by atomic mass is 10.3. The summed E-state index contributed by atoms with van der Waals surface area (Å²) in [6.07, 6.45) is -4.47. The van der Waals surface area contributed by atoms with Crippen molar-refractivity contribution in [1.29, 1.82) is 5.26 Å². The van der Waals surface area contributed by atoms with Gasteiger partial charge in [0, 0.05) is 5.69 Å². The lowest BCUT2D eigenvalue weighted by molar-refractivity contribution is -0.199. The number of amides is 1. The van der Waals surface area contributed by atoms with Crippen molar-refractivity contribution < 1.29 is 22.7 Å². The van der Waals surface area contributed by atoms with E-state index in [-0.39, 0.29) is 12.2 Å². The number of benzene rings is 1. The predicted molar refractivity (Wildman–Crippen MR) is 61.6 cm³/mol. The van der Waals surface area contributed by atoms with Crippen LogP contribution in [0.15, 0.2) is 24.3 Å². The van der Waals surface area contributed by atoms with E-state index in [1.54, 1.807) is 6.07 Å². The molecule has 0 spiro atoms. The summed E-state index contributed by atoms with van der Waals surface area (Å²) in [5, 5.41) is 10.6. The molecule has 1 atom stereocenters. The summed E-state index contributed by atoms with van der Waals surface area (Å²) in [5.74, 6) is -0.849. The molecule has 1 aromatic rings. The lowest BCUT2D eigenvalue weighted by Gasteiger charge is -2.17. The van der Waals surface area contributed by atoms with Gasteiger partial charge in [0.2, 0.25) is 5.91 Å². The number of carbonyl (C=O) groups is 1. The molecule has 0 fully saturated rings. The van der Waals surface area contributed by atoms with E-state index in [4.69, 9.17) is 5.26 Å². The molecule has 0 aromatic heterocycles. The minimum Gasteiger partial charge on any atom is -0.429 e. The number of alkyl halides is 4. The summed E-state index contributed by atoms with van der Waals surface area (Å²) in [6.45, 7) is 0. The zero-order chi connectivity index (χ0) is 14.5. The number of carbonyl (C=O) groups excluding carboxylic acids is 1. The highest BCUT2D eigenvalue weighted by atomic mass is 35.5. The van der Waals surface area contributed by atoms with Gasteiger partial charge in [-0.3, -0.25) is 4.79 Å². The molecule has 1 amide bonds. The quantitative estimate of drug-likeness (QED) is 0.849. The maximum absolute atomic E-state index is 12.8. The molecule has 1 rings (SSSR count). The fourth-order valence-electron chi connectivity index (χ4n) is 1.08. The highest BCUT2D eigenvalue weighted by molar-refractivity contribution is 6.20. The van der Waals surface area contributed by atoms with Crippen molar-refractivity contribution in [2.24, 2.45) is 0 Å². The largest absolute Gasteiger partial charge is 0.444 e. The lowest BCUT2D eigenvalue weighted by Crippen LogP contribution is -2.32. The molecule has 0 aliphatic carbocycles. The van der Waals surface area contributed by atoms with Crippen LogP contribution in [-0.4, -0.2) is 17.6 Å². The fraction of sp³-hybridized carbons (Fsp3) is 0.273. The molecule has 1 aromatic carbocycles. The normalized spacial score (nSPS) is 12.4. The van der Waals surface area contributed by atoms with Gasteiger partial charge >= 0.3 is 6.11 Å². The van der Waals surface area contributed by atoms with Crippen molar-refractivity contribution in [1.82, 2.24) is 0 Å². The third kappa shape index (κ3) is 4.67. The molecule has 19 heavy (non-hydrogen) atoms. The molecule has 1 N–H and O–H groups in total. The highest BCUT2D eigenvalue weighted by Gasteiger charge is 2.42. The fourth-order valence-corrected chi connectivity index (χ4v) is 1.13. The second kappa shape index (κ2) is 6.29. The maximum Gasteiger partial charge on any atom is 0.444 e. The van der Waals surface area contributed by atoms with Gasteiger partial charge in [0.15, 0.2) is 0 Å². The number of nitriles is 1. The molecule has 0 radical (unpaired) electrons. The molecule has 0 bridgehead atoms. The number of halogens is 4. The van der Waals surface area contributed by atoms with Crippen LogP contribution in [0.25, 0.3) is 0 Å². The van der Waals surface area contributed by atoms with Gasteiger partial charge in [-0.25, -0.2) is 4.39 Å². The highest BCUT2D eigenvalue weighted by Crippen LogP contribution is 2.29. The predicted octanol–water partition coefficient (Wildman–Crippen LogP) is 3.04. The van der Waals surface area contributed by atoms with Gasteiger partial charge in [0.1, 0.15) is 12.2 Å². The molecule has 0 saturated heterocycles. The van der Waals surface area contributed by atoms with E-state index in [1.807, 2.05) is 0 Å². The van der Waals surface area contributed by atoms with E-state index in [0.717, 1.165) is 12.1 Å². The number of nitrogens with one attached hydrogen (secondary N) is 1. The van der Waals surface area contributed by atoms with E-state index in [1.165, 1.54) is 12.1 Å². The number of ether oxygens (including phenoxy) is 1. The van der Waals surface area contributed by atoms with E-state index in [0.29, 0.717) is 5.69 Å². The molecule has 0 aliphatic heterocycles. The van der Waals surface area contributed by atoms with Crippen LogP contribution in [0.3, 0.4) is 0 Å². The molecular weight excluding hydrogens is 285 g/mol. The second-order valence-corrected chi connectivity index (χ2v) is 3.76. The molecule has 0 aliphatic rings. The monoisotopic (exact) mass is 292 g/mol. The second-order valence-electron chi connectivity index (χ2n) is 3.37. The van der Waals surface area contributed by atoms with Gasteiger partial charge < -0.3 is 10.1 Å². The first-order valence-electron chi connectivity index (χ1n) is 4.97. The standard InChI is InChI=1S/C11H8ClF3N2O2/c12-10(13)11(14,15)19-8-3-1-7(2-4-8)17-9(18)5-6-16/h1-4,10H,5H2,(H,17,18).